The summed E-state index contributed by atoms with van der Waals surface area (Å²) in [5.41, 5.74) is 10.6. The normalized spacial score (nSPS) is 16.7. The molecule has 1 aliphatic heterocycles. The third-order valence-corrected chi connectivity index (χ3v) is 6.97. The van der Waals surface area contributed by atoms with E-state index in [0.717, 1.165) is 52.5 Å². The molecule has 2 aromatic carbocycles. The summed E-state index contributed by atoms with van der Waals surface area (Å²) in [4.78, 5) is 32.1. The lowest BCUT2D eigenvalue weighted by Gasteiger charge is -2.21. The van der Waals surface area contributed by atoms with Crippen molar-refractivity contribution in [3.05, 3.63) is 96.1 Å². The summed E-state index contributed by atoms with van der Waals surface area (Å²) in [7, 11) is 0. The molecule has 31 heavy (non-hydrogen) atoms. The van der Waals surface area contributed by atoms with E-state index in [-0.39, 0.29) is 11.1 Å². The molecular weight excluding hydrogens is 456 g/mol. The Hall–Kier alpha value is -3.19. The van der Waals surface area contributed by atoms with Crippen molar-refractivity contribution < 1.29 is 0 Å². The lowest BCUT2D eigenvalue weighted by molar-refractivity contribution is 0.540. The Morgan fingerprint density at radius 1 is 0.935 bits per heavy atom. The summed E-state index contributed by atoms with van der Waals surface area (Å²) in [5.74, 6) is 0.485. The van der Waals surface area contributed by atoms with E-state index >= 15 is 0 Å². The van der Waals surface area contributed by atoms with Crippen molar-refractivity contribution >= 4 is 32.4 Å². The van der Waals surface area contributed by atoms with Gasteiger partial charge in [0.15, 0.2) is 5.82 Å². The fourth-order valence-electron chi connectivity index (χ4n) is 4.99. The third kappa shape index (κ3) is 2.53. The number of fused-ring (bicyclic) bond motifs is 5. The number of nitrogen functional groups attached to an aromatic ring is 1. The molecule has 3 heterocycles. The van der Waals surface area contributed by atoms with Crippen LogP contribution in [0.4, 0.5) is 5.69 Å². The predicted molar refractivity (Wildman–Crippen MR) is 124 cm³/mol. The maximum absolute atomic E-state index is 13.6. The quantitative estimate of drug-likeness (QED) is 0.401. The number of nitrogens with two attached hydrogens (primary N) is 1. The maximum Gasteiger partial charge on any atom is 0.279 e. The molecule has 154 valence electrons. The van der Waals surface area contributed by atoms with Crippen LogP contribution in [-0.4, -0.2) is 14.3 Å². The zero-order valence-corrected chi connectivity index (χ0v) is 18.2. The van der Waals surface area contributed by atoms with Crippen LogP contribution in [0.1, 0.15) is 41.3 Å². The molecule has 7 heteroatoms. The summed E-state index contributed by atoms with van der Waals surface area (Å²) in [6.45, 7) is 0. The Morgan fingerprint density at radius 3 is 2.35 bits per heavy atom. The monoisotopic (exact) mass is 474 g/mol. The molecule has 0 amide bonds. The number of benzene rings is 2. The Morgan fingerprint density at radius 2 is 1.61 bits per heavy atom. The van der Waals surface area contributed by atoms with Crippen LogP contribution < -0.4 is 16.9 Å². The van der Waals surface area contributed by atoms with E-state index in [0.29, 0.717) is 22.3 Å². The van der Waals surface area contributed by atoms with Crippen molar-refractivity contribution in [2.75, 3.05) is 5.73 Å². The minimum absolute atomic E-state index is 0.224. The molecule has 0 bridgehead atoms. The molecule has 0 fully saturated rings. The summed E-state index contributed by atoms with van der Waals surface area (Å²) >= 11 is 3.48. The van der Waals surface area contributed by atoms with Crippen LogP contribution in [0.3, 0.4) is 0 Å². The topological polar surface area (TPSA) is 82.9 Å². The maximum atomic E-state index is 13.6. The van der Waals surface area contributed by atoms with Gasteiger partial charge in [-0.25, -0.2) is 9.67 Å². The number of halogens is 1. The molecule has 1 unspecified atom stereocenters. The van der Waals surface area contributed by atoms with Gasteiger partial charge in [-0.1, -0.05) is 40.2 Å². The average molecular weight is 475 g/mol. The van der Waals surface area contributed by atoms with E-state index in [4.69, 9.17) is 10.7 Å². The predicted octanol–water partition coefficient (Wildman–Crippen LogP) is 3.72. The van der Waals surface area contributed by atoms with Crippen molar-refractivity contribution in [1.82, 2.24) is 14.3 Å². The number of pyridine rings is 1. The second kappa shape index (κ2) is 6.65. The lowest BCUT2D eigenvalue weighted by atomic mass is 9.90. The highest BCUT2D eigenvalue weighted by Gasteiger charge is 2.37. The van der Waals surface area contributed by atoms with Crippen LogP contribution in [0.15, 0.2) is 62.6 Å². The third-order valence-electron chi connectivity index (χ3n) is 6.44. The molecule has 1 aliphatic carbocycles. The number of aromatic nitrogens is 3. The second-order valence-corrected chi connectivity index (χ2v) is 9.08. The Labute approximate surface area is 186 Å². The Balaban J connectivity index is 1.79. The first kappa shape index (κ1) is 18.6. The van der Waals surface area contributed by atoms with Gasteiger partial charge >= 0.3 is 0 Å². The molecule has 0 saturated carbocycles. The van der Waals surface area contributed by atoms with Crippen molar-refractivity contribution in [3.8, 4) is 5.82 Å². The number of rotatable bonds is 1. The van der Waals surface area contributed by atoms with E-state index in [2.05, 4.69) is 15.9 Å². The highest BCUT2D eigenvalue weighted by Crippen LogP contribution is 2.42. The zero-order valence-electron chi connectivity index (χ0n) is 16.6. The van der Waals surface area contributed by atoms with E-state index in [1.807, 2.05) is 24.3 Å². The van der Waals surface area contributed by atoms with Crippen molar-refractivity contribution in [2.24, 2.45) is 0 Å². The molecule has 6 nitrogen and oxygen atoms in total. The molecular formula is C24H19BrN4O2. The van der Waals surface area contributed by atoms with Crippen LogP contribution >= 0.6 is 15.9 Å². The first-order valence-electron chi connectivity index (χ1n) is 10.4. The van der Waals surface area contributed by atoms with Gasteiger partial charge in [0.2, 0.25) is 0 Å². The molecule has 4 aromatic rings. The highest BCUT2D eigenvalue weighted by molar-refractivity contribution is 9.10. The molecule has 2 aromatic heterocycles. The molecule has 2 aliphatic rings. The van der Waals surface area contributed by atoms with Crippen LogP contribution in [0.25, 0.3) is 16.6 Å². The first-order chi connectivity index (χ1) is 15.1. The molecule has 6 rings (SSSR count). The number of aryl methyl sites for hydroxylation is 1. The summed E-state index contributed by atoms with van der Waals surface area (Å²) < 4.78 is 3.92. The van der Waals surface area contributed by atoms with Gasteiger partial charge in [0.1, 0.15) is 6.04 Å². The largest absolute Gasteiger partial charge is 0.398 e. The Kier molecular flexibility index (Phi) is 3.99. The number of hydrogen-bond donors (Lipinski definition) is 1. The molecule has 0 spiro atoms. The standard InChI is InChI=1S/C24H19BrN4O2/c25-14-11-9-13(10-12-14)21-19-20(26)17-7-3-4-8-18(17)27-22(19)29-24(31)16-6-2-1-5-15(16)23(30)28(21)29/h1-2,5-6,9-12,21H,3-4,7-8H2,(H2,26,27). The van der Waals surface area contributed by atoms with Gasteiger partial charge in [-0.2, -0.15) is 4.68 Å². The minimum atomic E-state index is -0.507. The van der Waals surface area contributed by atoms with E-state index in [1.54, 1.807) is 24.3 Å². The van der Waals surface area contributed by atoms with Gasteiger partial charge in [-0.3, -0.25) is 9.59 Å². The van der Waals surface area contributed by atoms with Crippen LogP contribution in [0.2, 0.25) is 0 Å². The summed E-state index contributed by atoms with van der Waals surface area (Å²) in [6.07, 6.45) is 3.82. The second-order valence-electron chi connectivity index (χ2n) is 8.16. The summed E-state index contributed by atoms with van der Waals surface area (Å²) in [5, 5.41) is 0.797. The lowest BCUT2D eigenvalue weighted by Crippen LogP contribution is -2.36. The fourth-order valence-corrected chi connectivity index (χ4v) is 5.26. The van der Waals surface area contributed by atoms with Gasteiger partial charge in [-0.05, 0) is 61.1 Å². The number of anilines is 1. The molecule has 2 N–H and O–H groups in total. The highest BCUT2D eigenvalue weighted by atomic mass is 79.9. The van der Waals surface area contributed by atoms with Crippen LogP contribution in [0.5, 0.6) is 0 Å². The smallest absolute Gasteiger partial charge is 0.279 e. The van der Waals surface area contributed by atoms with Crippen LogP contribution in [-0.2, 0) is 12.8 Å². The number of hydrogen-bond acceptors (Lipinski definition) is 4. The first-order valence-corrected chi connectivity index (χ1v) is 11.2. The van der Waals surface area contributed by atoms with Gasteiger partial charge in [0.25, 0.3) is 11.1 Å². The van der Waals surface area contributed by atoms with Crippen molar-refractivity contribution in [1.29, 1.82) is 0 Å². The van der Waals surface area contributed by atoms with E-state index in [1.165, 1.54) is 9.36 Å². The van der Waals surface area contributed by atoms with E-state index < -0.39 is 6.04 Å². The van der Waals surface area contributed by atoms with Crippen molar-refractivity contribution in [2.45, 2.75) is 31.7 Å². The molecule has 1 atom stereocenters. The molecule has 0 saturated heterocycles. The zero-order chi connectivity index (χ0) is 21.3. The average Bonchev–Trinajstić information content (AvgIpc) is 3.14. The summed E-state index contributed by atoms with van der Waals surface area (Å²) in [6, 6.07) is 14.2. The minimum Gasteiger partial charge on any atom is -0.398 e. The molecule has 0 radical (unpaired) electrons. The van der Waals surface area contributed by atoms with Gasteiger partial charge in [0.05, 0.1) is 10.8 Å². The van der Waals surface area contributed by atoms with Gasteiger partial charge in [0, 0.05) is 21.4 Å². The van der Waals surface area contributed by atoms with Gasteiger partial charge in [-0.15, -0.1) is 0 Å². The van der Waals surface area contributed by atoms with Gasteiger partial charge < -0.3 is 5.73 Å². The van der Waals surface area contributed by atoms with Crippen molar-refractivity contribution in [3.63, 3.8) is 0 Å². The van der Waals surface area contributed by atoms with Crippen LogP contribution in [0, 0.1) is 0 Å². The van der Waals surface area contributed by atoms with E-state index in [9.17, 15) is 9.59 Å². The Bertz CT molecular complexity index is 1500. The fraction of sp³-hybridized carbons (Fsp3) is 0.208. The number of nitrogens with zero attached hydrogens (tertiary/aromatic N) is 3. The SMILES string of the molecule is Nc1c2c(nc3c1C(c1ccc(Br)cc1)n1c(=O)c4ccccc4c(=O)n1-3)CCCC2.